The van der Waals surface area contributed by atoms with Crippen molar-refractivity contribution in [3.63, 3.8) is 0 Å². The van der Waals surface area contributed by atoms with Crippen LogP contribution in [0.3, 0.4) is 0 Å². The number of halogens is 2. The third-order valence-electron chi connectivity index (χ3n) is 3.02. The first-order chi connectivity index (χ1) is 11.9. The standard InChI is InChI=1S/C15H10Cl2N4O2S2/c1-21-7-18-20-15(21)25-12-5-4-11(13(19-12)14(22)23)24-8-2-3-9(16)10(17)6-8/h2-7H,1H3,(H,22,23). The van der Waals surface area contributed by atoms with Crippen LogP contribution in [-0.4, -0.2) is 30.8 Å². The molecule has 0 fully saturated rings. The fraction of sp³-hybridized carbons (Fsp3) is 0.0667. The first-order valence-corrected chi connectivity index (χ1v) is 9.22. The van der Waals surface area contributed by atoms with Crippen LogP contribution in [0.1, 0.15) is 10.5 Å². The second-order valence-corrected chi connectivity index (χ2v) is 7.72. The van der Waals surface area contributed by atoms with Crippen molar-refractivity contribution in [3.8, 4) is 0 Å². The zero-order valence-electron chi connectivity index (χ0n) is 12.7. The largest absolute Gasteiger partial charge is 0.476 e. The van der Waals surface area contributed by atoms with Crippen molar-refractivity contribution < 1.29 is 9.90 Å². The van der Waals surface area contributed by atoms with Crippen LogP contribution < -0.4 is 0 Å². The SMILES string of the molecule is Cn1cnnc1Sc1ccc(Sc2ccc(Cl)c(Cl)c2)c(C(=O)O)n1. The number of carboxylic acid groups (broad SMARTS) is 1. The molecule has 3 rings (SSSR count). The number of aromatic carboxylic acids is 1. The van der Waals surface area contributed by atoms with E-state index in [0.717, 1.165) is 4.90 Å². The Kier molecular flexibility index (Phi) is 5.53. The number of carbonyl (C=O) groups is 1. The van der Waals surface area contributed by atoms with Crippen LogP contribution in [0.2, 0.25) is 10.0 Å². The molecule has 10 heteroatoms. The molecule has 0 bridgehead atoms. The summed E-state index contributed by atoms with van der Waals surface area (Å²) in [7, 11) is 1.80. The molecule has 25 heavy (non-hydrogen) atoms. The lowest BCUT2D eigenvalue weighted by Gasteiger charge is -2.08. The molecule has 0 atom stereocenters. The average Bonchev–Trinajstić information content (AvgIpc) is 2.97. The van der Waals surface area contributed by atoms with Gasteiger partial charge in [0.1, 0.15) is 11.4 Å². The van der Waals surface area contributed by atoms with E-state index in [4.69, 9.17) is 23.2 Å². The van der Waals surface area contributed by atoms with Crippen LogP contribution in [-0.2, 0) is 7.05 Å². The van der Waals surface area contributed by atoms with E-state index in [2.05, 4.69) is 15.2 Å². The molecule has 3 aromatic rings. The van der Waals surface area contributed by atoms with Gasteiger partial charge in [-0.1, -0.05) is 35.0 Å². The third kappa shape index (κ3) is 4.27. The summed E-state index contributed by atoms with van der Waals surface area (Å²) in [5, 5.41) is 19.2. The van der Waals surface area contributed by atoms with Gasteiger partial charge in [-0.3, -0.25) is 0 Å². The molecule has 0 saturated heterocycles. The van der Waals surface area contributed by atoms with Crippen LogP contribution >= 0.6 is 46.7 Å². The molecule has 0 aliphatic heterocycles. The van der Waals surface area contributed by atoms with E-state index in [1.54, 1.807) is 48.3 Å². The summed E-state index contributed by atoms with van der Waals surface area (Å²) in [6.45, 7) is 0. The molecule has 128 valence electrons. The molecule has 0 saturated carbocycles. The molecule has 0 aliphatic carbocycles. The topological polar surface area (TPSA) is 80.9 Å². The number of benzene rings is 1. The van der Waals surface area contributed by atoms with Gasteiger partial charge in [0, 0.05) is 16.8 Å². The summed E-state index contributed by atoms with van der Waals surface area (Å²) in [5.41, 5.74) is -0.0387. The summed E-state index contributed by atoms with van der Waals surface area (Å²) in [5.74, 6) is -1.11. The van der Waals surface area contributed by atoms with Crippen LogP contribution in [0, 0.1) is 0 Å². The van der Waals surface area contributed by atoms with Gasteiger partial charge in [0.05, 0.1) is 10.0 Å². The predicted octanol–water partition coefficient (Wildman–Crippen LogP) is 4.52. The summed E-state index contributed by atoms with van der Waals surface area (Å²) in [6.07, 6.45) is 1.56. The quantitative estimate of drug-likeness (QED) is 0.659. The lowest BCUT2D eigenvalue weighted by molar-refractivity contribution is 0.0685. The molecule has 6 nitrogen and oxygen atoms in total. The molecular formula is C15H10Cl2N4O2S2. The Morgan fingerprint density at radius 2 is 1.96 bits per heavy atom. The van der Waals surface area contributed by atoms with Gasteiger partial charge in [-0.15, -0.1) is 10.2 Å². The van der Waals surface area contributed by atoms with Crippen LogP contribution in [0.4, 0.5) is 0 Å². The Morgan fingerprint density at radius 3 is 2.60 bits per heavy atom. The van der Waals surface area contributed by atoms with Gasteiger partial charge < -0.3 is 9.67 Å². The molecule has 0 amide bonds. The monoisotopic (exact) mass is 412 g/mol. The van der Waals surface area contributed by atoms with E-state index in [1.807, 2.05) is 0 Å². The van der Waals surface area contributed by atoms with Gasteiger partial charge in [-0.2, -0.15) is 0 Å². The molecule has 0 radical (unpaired) electrons. The number of hydrogen-bond donors (Lipinski definition) is 1. The lowest BCUT2D eigenvalue weighted by Crippen LogP contribution is -2.03. The Labute approximate surface area is 161 Å². The number of aromatic nitrogens is 4. The summed E-state index contributed by atoms with van der Waals surface area (Å²) >= 11 is 14.4. The molecule has 0 spiro atoms. The van der Waals surface area contributed by atoms with E-state index in [9.17, 15) is 9.90 Å². The van der Waals surface area contributed by atoms with E-state index in [1.165, 1.54) is 23.5 Å². The van der Waals surface area contributed by atoms with Crippen molar-refractivity contribution in [2.45, 2.75) is 20.0 Å². The van der Waals surface area contributed by atoms with Crippen molar-refractivity contribution in [3.05, 3.63) is 52.4 Å². The van der Waals surface area contributed by atoms with Gasteiger partial charge >= 0.3 is 5.97 Å². The molecule has 0 aliphatic rings. The highest BCUT2D eigenvalue weighted by Crippen LogP contribution is 2.35. The van der Waals surface area contributed by atoms with Crippen LogP contribution in [0.5, 0.6) is 0 Å². The molecule has 1 aromatic carbocycles. The number of rotatable bonds is 5. The van der Waals surface area contributed by atoms with Gasteiger partial charge in [-0.25, -0.2) is 9.78 Å². The third-order valence-corrected chi connectivity index (χ3v) is 5.79. The minimum atomic E-state index is -1.11. The zero-order chi connectivity index (χ0) is 18.0. The molecule has 2 aromatic heterocycles. The van der Waals surface area contributed by atoms with Gasteiger partial charge in [0.2, 0.25) is 0 Å². The Hall–Kier alpha value is -1.74. The van der Waals surface area contributed by atoms with E-state index < -0.39 is 5.97 Å². The maximum Gasteiger partial charge on any atom is 0.355 e. The van der Waals surface area contributed by atoms with Gasteiger partial charge in [-0.05, 0) is 42.1 Å². The lowest BCUT2D eigenvalue weighted by atomic mass is 10.3. The summed E-state index contributed by atoms with van der Waals surface area (Å²) < 4.78 is 1.73. The Bertz CT molecular complexity index is 949. The van der Waals surface area contributed by atoms with Crippen molar-refractivity contribution in [2.24, 2.45) is 7.05 Å². The highest BCUT2D eigenvalue weighted by Gasteiger charge is 2.16. The Morgan fingerprint density at radius 1 is 1.16 bits per heavy atom. The number of aryl methyl sites for hydroxylation is 1. The smallest absolute Gasteiger partial charge is 0.355 e. The Balaban J connectivity index is 1.90. The van der Waals surface area contributed by atoms with E-state index in [-0.39, 0.29) is 5.69 Å². The summed E-state index contributed by atoms with van der Waals surface area (Å²) in [6, 6.07) is 8.57. The maximum atomic E-state index is 11.6. The van der Waals surface area contributed by atoms with Crippen LogP contribution in [0.15, 0.2) is 56.6 Å². The predicted molar refractivity (Wildman–Crippen MR) is 96.9 cm³/mol. The fourth-order valence-electron chi connectivity index (χ4n) is 1.85. The number of pyridine rings is 1. The van der Waals surface area contributed by atoms with Gasteiger partial charge in [0.15, 0.2) is 10.9 Å². The first kappa shape index (κ1) is 18.1. The number of nitrogens with zero attached hydrogens (tertiary/aromatic N) is 4. The highest BCUT2D eigenvalue weighted by molar-refractivity contribution is 7.99. The minimum Gasteiger partial charge on any atom is -0.476 e. The molecular weight excluding hydrogens is 403 g/mol. The minimum absolute atomic E-state index is 0.0387. The average molecular weight is 413 g/mol. The second-order valence-electron chi connectivity index (χ2n) is 4.81. The maximum absolute atomic E-state index is 11.6. The fourth-order valence-corrected chi connectivity index (χ4v) is 3.88. The second kappa shape index (κ2) is 7.65. The molecule has 2 heterocycles. The van der Waals surface area contributed by atoms with Crippen molar-refractivity contribution in [1.29, 1.82) is 0 Å². The molecule has 0 unspecified atom stereocenters. The first-order valence-electron chi connectivity index (χ1n) is 6.83. The van der Waals surface area contributed by atoms with Crippen molar-refractivity contribution in [2.75, 3.05) is 0 Å². The summed E-state index contributed by atoms with van der Waals surface area (Å²) in [4.78, 5) is 17.1. The normalized spacial score (nSPS) is 10.8. The number of carboxylic acids is 1. The number of hydrogen-bond acceptors (Lipinski definition) is 6. The highest BCUT2D eigenvalue weighted by atomic mass is 35.5. The van der Waals surface area contributed by atoms with Crippen molar-refractivity contribution >= 4 is 52.7 Å². The zero-order valence-corrected chi connectivity index (χ0v) is 15.8. The van der Waals surface area contributed by atoms with E-state index >= 15 is 0 Å². The van der Waals surface area contributed by atoms with Crippen LogP contribution in [0.25, 0.3) is 0 Å². The van der Waals surface area contributed by atoms with Crippen molar-refractivity contribution in [1.82, 2.24) is 19.7 Å². The van der Waals surface area contributed by atoms with E-state index in [0.29, 0.717) is 25.1 Å². The van der Waals surface area contributed by atoms with Gasteiger partial charge in [0.25, 0.3) is 0 Å². The molecule has 1 N–H and O–H groups in total.